The number of aromatic nitrogens is 1. The molecule has 3 N–H and O–H groups in total. The highest BCUT2D eigenvalue weighted by Crippen LogP contribution is 2.27. The van der Waals surface area contributed by atoms with E-state index in [-0.39, 0.29) is 11.5 Å². The average Bonchev–Trinajstić information content (AvgIpc) is 2.83. The van der Waals surface area contributed by atoms with Crippen LogP contribution in [0.4, 0.5) is 0 Å². The Hall–Kier alpha value is -1.05. The molecular formula is C13H14Cl2N2O3S. The Balaban J connectivity index is 1.72. The molecule has 5 nitrogen and oxygen atoms in total. The number of H-pyrrole nitrogens is 1. The predicted molar refractivity (Wildman–Crippen MR) is 84.6 cm³/mol. The zero-order valence-electron chi connectivity index (χ0n) is 10.9. The Kier molecular flexibility index (Phi) is 6.08. The van der Waals surface area contributed by atoms with E-state index in [2.05, 4.69) is 10.3 Å². The fourth-order valence-corrected chi connectivity index (χ4v) is 2.66. The summed E-state index contributed by atoms with van der Waals surface area (Å²) in [4.78, 5) is 13.5. The minimum atomic E-state index is -0.692. The maximum Gasteiger partial charge on any atom is 0.304 e. The first-order valence-electron chi connectivity index (χ1n) is 6.18. The van der Waals surface area contributed by atoms with Gasteiger partial charge >= 0.3 is 4.87 Å². The van der Waals surface area contributed by atoms with Crippen LogP contribution >= 0.6 is 34.5 Å². The Bertz CT molecular complexity index is 644. The number of aliphatic hydroxyl groups excluding tert-OH is 1. The van der Waals surface area contributed by atoms with Crippen LogP contribution in [0.3, 0.4) is 0 Å². The largest absolute Gasteiger partial charge is 0.489 e. The van der Waals surface area contributed by atoms with E-state index in [4.69, 9.17) is 27.9 Å². The normalized spacial score (nSPS) is 12.3. The number of benzene rings is 1. The molecule has 0 spiro atoms. The zero-order valence-corrected chi connectivity index (χ0v) is 13.3. The maximum atomic E-state index is 10.9. The van der Waals surface area contributed by atoms with Crippen LogP contribution in [0.15, 0.2) is 28.4 Å². The summed E-state index contributed by atoms with van der Waals surface area (Å²) in [6, 6.07) is 4.90. The van der Waals surface area contributed by atoms with Gasteiger partial charge in [0, 0.05) is 29.2 Å². The topological polar surface area (TPSA) is 74.4 Å². The lowest BCUT2D eigenvalue weighted by atomic mass is 10.3. The van der Waals surface area contributed by atoms with Crippen molar-refractivity contribution < 1.29 is 9.84 Å². The van der Waals surface area contributed by atoms with Gasteiger partial charge in [-0.15, -0.1) is 0 Å². The van der Waals surface area contributed by atoms with Crippen LogP contribution in [-0.2, 0) is 6.54 Å². The van der Waals surface area contributed by atoms with E-state index >= 15 is 0 Å². The lowest BCUT2D eigenvalue weighted by Crippen LogP contribution is -2.31. The molecule has 0 fully saturated rings. The van der Waals surface area contributed by atoms with Gasteiger partial charge in [0.25, 0.3) is 0 Å². The van der Waals surface area contributed by atoms with Gasteiger partial charge in [0.15, 0.2) is 0 Å². The van der Waals surface area contributed by atoms with Gasteiger partial charge in [0.2, 0.25) is 0 Å². The van der Waals surface area contributed by atoms with Crippen molar-refractivity contribution >= 4 is 34.5 Å². The van der Waals surface area contributed by atoms with E-state index in [1.807, 2.05) is 0 Å². The van der Waals surface area contributed by atoms with E-state index < -0.39 is 6.10 Å². The van der Waals surface area contributed by atoms with Crippen LogP contribution in [0.1, 0.15) is 5.69 Å². The molecule has 0 aliphatic heterocycles. The molecule has 1 aromatic heterocycles. The van der Waals surface area contributed by atoms with Crippen molar-refractivity contribution in [2.45, 2.75) is 12.6 Å². The van der Waals surface area contributed by atoms with E-state index in [0.29, 0.717) is 28.9 Å². The quantitative estimate of drug-likeness (QED) is 0.717. The summed E-state index contributed by atoms with van der Waals surface area (Å²) in [5.74, 6) is 0.474. The summed E-state index contributed by atoms with van der Waals surface area (Å²) in [6.45, 7) is 0.926. The van der Waals surface area contributed by atoms with Gasteiger partial charge in [-0.25, -0.2) is 0 Å². The molecule has 0 amide bonds. The number of rotatable bonds is 7. The first-order chi connectivity index (χ1) is 10.0. The highest BCUT2D eigenvalue weighted by molar-refractivity contribution is 7.07. The number of aromatic amines is 1. The minimum Gasteiger partial charge on any atom is -0.489 e. The lowest BCUT2D eigenvalue weighted by Gasteiger charge is -2.13. The first-order valence-corrected chi connectivity index (χ1v) is 7.81. The van der Waals surface area contributed by atoms with Gasteiger partial charge in [-0.2, -0.15) is 0 Å². The van der Waals surface area contributed by atoms with E-state index in [1.165, 1.54) is 0 Å². The van der Waals surface area contributed by atoms with Crippen LogP contribution in [0.25, 0.3) is 0 Å². The standard InChI is InChI=1S/C13H14Cl2N2O3S/c14-8-1-2-12(11(15)3-8)20-6-10(18)5-16-4-9-7-21-13(19)17-9/h1-3,7,10,16,18H,4-6H2,(H,17,19). The van der Waals surface area contributed by atoms with Crippen molar-refractivity contribution in [3.63, 3.8) is 0 Å². The fraction of sp³-hybridized carbons (Fsp3) is 0.308. The summed E-state index contributed by atoms with van der Waals surface area (Å²) in [6.07, 6.45) is -0.692. The average molecular weight is 349 g/mol. The third kappa shape index (κ3) is 5.33. The second-order valence-corrected chi connectivity index (χ2v) is 6.03. The molecule has 1 unspecified atom stereocenters. The molecule has 1 heterocycles. The molecule has 0 bridgehead atoms. The molecule has 1 atom stereocenters. The highest BCUT2D eigenvalue weighted by atomic mass is 35.5. The van der Waals surface area contributed by atoms with E-state index in [1.54, 1.807) is 23.6 Å². The molecule has 0 saturated carbocycles. The van der Waals surface area contributed by atoms with Gasteiger partial charge in [0.05, 0.1) is 5.02 Å². The Labute approximate surface area is 135 Å². The van der Waals surface area contributed by atoms with Crippen molar-refractivity contribution in [2.24, 2.45) is 0 Å². The molecule has 0 aliphatic rings. The monoisotopic (exact) mass is 348 g/mol. The van der Waals surface area contributed by atoms with Crippen LogP contribution in [-0.4, -0.2) is 29.3 Å². The summed E-state index contributed by atoms with van der Waals surface area (Å²) in [5.41, 5.74) is 0.791. The lowest BCUT2D eigenvalue weighted by molar-refractivity contribution is 0.106. The SMILES string of the molecule is O=c1[nH]c(CNCC(O)COc2ccc(Cl)cc2Cl)cs1. The van der Waals surface area contributed by atoms with Crippen molar-refractivity contribution in [3.05, 3.63) is 49.0 Å². The van der Waals surface area contributed by atoms with Crippen LogP contribution in [0.5, 0.6) is 5.75 Å². The van der Waals surface area contributed by atoms with Crippen molar-refractivity contribution in [3.8, 4) is 5.75 Å². The zero-order chi connectivity index (χ0) is 15.2. The molecule has 114 valence electrons. The number of nitrogens with one attached hydrogen (secondary N) is 2. The van der Waals surface area contributed by atoms with Crippen molar-refractivity contribution in [2.75, 3.05) is 13.2 Å². The Morgan fingerprint density at radius 3 is 2.90 bits per heavy atom. The van der Waals surface area contributed by atoms with Crippen LogP contribution in [0, 0.1) is 0 Å². The Morgan fingerprint density at radius 1 is 1.43 bits per heavy atom. The highest BCUT2D eigenvalue weighted by Gasteiger charge is 2.08. The van der Waals surface area contributed by atoms with Gasteiger partial charge in [-0.05, 0) is 18.2 Å². The second-order valence-electron chi connectivity index (χ2n) is 4.34. The summed E-state index contributed by atoms with van der Waals surface area (Å²) >= 11 is 12.9. The van der Waals surface area contributed by atoms with Crippen molar-refractivity contribution in [1.82, 2.24) is 10.3 Å². The maximum absolute atomic E-state index is 10.9. The van der Waals surface area contributed by atoms with E-state index in [9.17, 15) is 9.90 Å². The molecule has 2 aromatic rings. The second kappa shape index (κ2) is 7.82. The number of ether oxygens (including phenoxy) is 1. The minimum absolute atomic E-state index is 0.0898. The summed E-state index contributed by atoms with van der Waals surface area (Å²) in [7, 11) is 0. The molecule has 0 aliphatic carbocycles. The van der Waals surface area contributed by atoms with Gasteiger partial charge in [0.1, 0.15) is 18.5 Å². The molecule has 21 heavy (non-hydrogen) atoms. The smallest absolute Gasteiger partial charge is 0.304 e. The molecular weight excluding hydrogens is 335 g/mol. The molecule has 0 radical (unpaired) electrons. The summed E-state index contributed by atoms with van der Waals surface area (Å²) < 4.78 is 5.42. The molecule has 0 saturated heterocycles. The number of hydrogen-bond acceptors (Lipinski definition) is 5. The molecule has 2 rings (SSSR count). The third-order valence-corrected chi connectivity index (χ3v) is 3.84. The number of halogens is 2. The first kappa shape index (κ1) is 16.3. The van der Waals surface area contributed by atoms with Gasteiger partial charge < -0.3 is 20.1 Å². The third-order valence-electron chi connectivity index (χ3n) is 2.59. The number of aliphatic hydroxyl groups is 1. The van der Waals surface area contributed by atoms with Crippen molar-refractivity contribution in [1.29, 1.82) is 0 Å². The summed E-state index contributed by atoms with van der Waals surface area (Å²) in [5, 5.41) is 15.5. The predicted octanol–water partition coefficient (Wildman–Crippen LogP) is 2.27. The van der Waals surface area contributed by atoms with Gasteiger partial charge in [-0.3, -0.25) is 4.79 Å². The molecule has 8 heteroatoms. The van der Waals surface area contributed by atoms with Gasteiger partial charge in [-0.1, -0.05) is 34.5 Å². The number of thiazole rings is 1. The van der Waals surface area contributed by atoms with Crippen LogP contribution < -0.4 is 14.9 Å². The molecule has 1 aromatic carbocycles. The van der Waals surface area contributed by atoms with Crippen LogP contribution in [0.2, 0.25) is 10.0 Å². The number of hydrogen-bond donors (Lipinski definition) is 3. The van der Waals surface area contributed by atoms with E-state index in [0.717, 1.165) is 17.0 Å². The Morgan fingerprint density at radius 2 is 2.24 bits per heavy atom. The fourth-order valence-electron chi connectivity index (χ4n) is 1.61.